The van der Waals surface area contributed by atoms with Crippen molar-refractivity contribution < 1.29 is 13.5 Å². The van der Waals surface area contributed by atoms with Crippen LogP contribution in [0.1, 0.15) is 5.56 Å². The molecule has 0 aromatic heterocycles. The van der Waals surface area contributed by atoms with Crippen molar-refractivity contribution in [2.45, 2.75) is 13.2 Å². The van der Waals surface area contributed by atoms with E-state index in [2.05, 4.69) is 26.9 Å². The number of ether oxygens (including phenoxy) is 1. The van der Waals surface area contributed by atoms with E-state index in [0.29, 0.717) is 6.54 Å². The number of hydrogen-bond acceptors (Lipinski definition) is 4. The molecule has 1 fully saturated rings. The number of nitrogens with zero attached hydrogens (tertiary/aromatic N) is 2. The van der Waals surface area contributed by atoms with Crippen LogP contribution in [-0.4, -0.2) is 62.7 Å². The highest BCUT2D eigenvalue weighted by Gasteiger charge is 2.13. The highest BCUT2D eigenvalue weighted by Crippen LogP contribution is 2.19. The van der Waals surface area contributed by atoms with E-state index >= 15 is 0 Å². The minimum Gasteiger partial charge on any atom is -0.434 e. The van der Waals surface area contributed by atoms with Crippen LogP contribution < -0.4 is 10.1 Å². The second-order valence-electron chi connectivity index (χ2n) is 5.31. The molecule has 0 amide bonds. The molecule has 0 unspecified atom stereocenters. The Labute approximate surface area is 124 Å². The van der Waals surface area contributed by atoms with Gasteiger partial charge in [-0.3, -0.25) is 4.90 Å². The number of rotatable bonds is 7. The quantitative estimate of drug-likeness (QED) is 0.775. The van der Waals surface area contributed by atoms with Crippen LogP contribution in [0, 0.1) is 0 Å². The molecule has 0 spiro atoms. The fourth-order valence-electron chi connectivity index (χ4n) is 2.39. The Morgan fingerprint density at radius 3 is 2.62 bits per heavy atom. The van der Waals surface area contributed by atoms with Crippen LogP contribution in [0.25, 0.3) is 0 Å². The lowest BCUT2D eigenvalue weighted by Crippen LogP contribution is -2.46. The maximum Gasteiger partial charge on any atom is 0.387 e. The van der Waals surface area contributed by atoms with Crippen molar-refractivity contribution in [1.82, 2.24) is 15.1 Å². The minimum atomic E-state index is -2.78. The summed E-state index contributed by atoms with van der Waals surface area (Å²) in [5.74, 6) is 0.250. The van der Waals surface area contributed by atoms with E-state index in [4.69, 9.17) is 0 Å². The fraction of sp³-hybridized carbons (Fsp3) is 0.600. The zero-order chi connectivity index (χ0) is 15.1. The largest absolute Gasteiger partial charge is 0.434 e. The van der Waals surface area contributed by atoms with Crippen LogP contribution in [0.15, 0.2) is 24.3 Å². The number of benzene rings is 1. The van der Waals surface area contributed by atoms with Crippen molar-refractivity contribution in [3.8, 4) is 5.75 Å². The van der Waals surface area contributed by atoms with Gasteiger partial charge in [0.2, 0.25) is 0 Å². The molecular formula is C15H23F2N3O. The summed E-state index contributed by atoms with van der Waals surface area (Å²) in [5, 5.41) is 3.29. The van der Waals surface area contributed by atoms with E-state index in [1.165, 1.54) is 0 Å². The summed E-state index contributed by atoms with van der Waals surface area (Å²) in [6, 6.07) is 6.91. The minimum absolute atomic E-state index is 0.250. The number of hydrogen-bond donors (Lipinski definition) is 1. The number of halogens is 2. The average molecular weight is 299 g/mol. The maximum atomic E-state index is 12.3. The Bertz CT molecular complexity index is 423. The average Bonchev–Trinajstić information content (AvgIpc) is 2.46. The molecule has 0 saturated carbocycles. The first-order valence-electron chi connectivity index (χ1n) is 7.29. The van der Waals surface area contributed by atoms with Gasteiger partial charge in [0.1, 0.15) is 5.75 Å². The molecule has 1 N–H and O–H groups in total. The molecule has 1 heterocycles. The summed E-state index contributed by atoms with van der Waals surface area (Å²) < 4.78 is 29.1. The second kappa shape index (κ2) is 8.26. The van der Waals surface area contributed by atoms with Crippen LogP contribution in [0.5, 0.6) is 5.75 Å². The second-order valence-corrected chi connectivity index (χ2v) is 5.31. The number of piperazine rings is 1. The normalized spacial score (nSPS) is 17.3. The molecule has 0 atom stereocenters. The molecule has 1 aliphatic heterocycles. The molecule has 21 heavy (non-hydrogen) atoms. The first kappa shape index (κ1) is 16.1. The molecule has 0 radical (unpaired) electrons. The molecule has 1 aromatic carbocycles. The third-order valence-corrected chi connectivity index (χ3v) is 3.70. The highest BCUT2D eigenvalue weighted by atomic mass is 19.3. The third-order valence-electron chi connectivity index (χ3n) is 3.70. The summed E-state index contributed by atoms with van der Waals surface area (Å²) in [5.41, 5.74) is 0.760. The molecule has 1 aliphatic rings. The number of para-hydroxylation sites is 1. The molecule has 0 bridgehead atoms. The van der Waals surface area contributed by atoms with Gasteiger partial charge in [0.25, 0.3) is 0 Å². The first-order chi connectivity index (χ1) is 10.1. The maximum absolute atomic E-state index is 12.3. The molecule has 2 rings (SSSR count). The van der Waals surface area contributed by atoms with Gasteiger partial charge >= 0.3 is 6.61 Å². The van der Waals surface area contributed by atoms with Gasteiger partial charge in [0.15, 0.2) is 0 Å². The Kier molecular flexibility index (Phi) is 6.35. The van der Waals surface area contributed by atoms with Gasteiger partial charge in [-0.15, -0.1) is 0 Å². The van der Waals surface area contributed by atoms with Gasteiger partial charge in [-0.05, 0) is 13.1 Å². The third kappa shape index (κ3) is 5.57. The van der Waals surface area contributed by atoms with Gasteiger partial charge in [0.05, 0.1) is 0 Å². The van der Waals surface area contributed by atoms with Crippen LogP contribution in [0.3, 0.4) is 0 Å². The molecule has 6 heteroatoms. The lowest BCUT2D eigenvalue weighted by atomic mass is 10.2. The summed E-state index contributed by atoms with van der Waals surface area (Å²) in [7, 11) is 2.13. The van der Waals surface area contributed by atoms with Crippen LogP contribution in [-0.2, 0) is 6.54 Å². The molecular weight excluding hydrogens is 276 g/mol. The summed E-state index contributed by atoms with van der Waals surface area (Å²) in [6.45, 7) is 3.95. The van der Waals surface area contributed by atoms with Crippen LogP contribution in [0.4, 0.5) is 8.78 Å². The zero-order valence-corrected chi connectivity index (χ0v) is 12.4. The van der Waals surface area contributed by atoms with Gasteiger partial charge in [0, 0.05) is 51.4 Å². The summed E-state index contributed by atoms with van der Waals surface area (Å²) in [4.78, 5) is 4.73. The van der Waals surface area contributed by atoms with Gasteiger partial charge in [-0.25, -0.2) is 0 Å². The number of alkyl halides is 2. The monoisotopic (exact) mass is 299 g/mol. The zero-order valence-electron chi connectivity index (χ0n) is 12.4. The molecule has 1 aromatic rings. The van der Waals surface area contributed by atoms with Crippen LogP contribution >= 0.6 is 0 Å². The molecule has 4 nitrogen and oxygen atoms in total. The topological polar surface area (TPSA) is 27.7 Å². The van der Waals surface area contributed by atoms with Gasteiger partial charge in [-0.2, -0.15) is 8.78 Å². The SMILES string of the molecule is CN1CCN(CCNCc2ccccc2OC(F)F)CC1. The summed E-state index contributed by atoms with van der Waals surface area (Å²) in [6.07, 6.45) is 0. The van der Waals surface area contributed by atoms with E-state index in [-0.39, 0.29) is 5.75 Å². The summed E-state index contributed by atoms with van der Waals surface area (Å²) >= 11 is 0. The van der Waals surface area contributed by atoms with Crippen molar-refractivity contribution in [2.75, 3.05) is 46.3 Å². The van der Waals surface area contributed by atoms with E-state index in [1.807, 2.05) is 6.07 Å². The van der Waals surface area contributed by atoms with Crippen molar-refractivity contribution in [2.24, 2.45) is 0 Å². The predicted molar refractivity (Wildman–Crippen MR) is 78.7 cm³/mol. The van der Waals surface area contributed by atoms with Gasteiger partial charge in [-0.1, -0.05) is 18.2 Å². The van der Waals surface area contributed by atoms with Crippen molar-refractivity contribution in [3.63, 3.8) is 0 Å². The Morgan fingerprint density at radius 1 is 1.19 bits per heavy atom. The van der Waals surface area contributed by atoms with E-state index in [9.17, 15) is 8.78 Å². The fourth-order valence-corrected chi connectivity index (χ4v) is 2.39. The smallest absolute Gasteiger partial charge is 0.387 e. The standard InChI is InChI=1S/C15H23F2N3O/c1-19-8-10-20(11-9-19)7-6-18-12-13-4-2-3-5-14(13)21-15(16)17/h2-5,15,18H,6-12H2,1H3. The molecule has 118 valence electrons. The van der Waals surface area contributed by atoms with Crippen molar-refractivity contribution in [1.29, 1.82) is 0 Å². The number of nitrogens with one attached hydrogen (secondary N) is 1. The van der Waals surface area contributed by atoms with E-state index in [0.717, 1.165) is 44.8 Å². The van der Waals surface area contributed by atoms with E-state index in [1.54, 1.807) is 18.2 Å². The van der Waals surface area contributed by atoms with E-state index < -0.39 is 6.61 Å². The number of likely N-dealkylation sites (N-methyl/N-ethyl adjacent to an activating group) is 1. The molecule has 1 saturated heterocycles. The predicted octanol–water partition coefficient (Wildman–Crippen LogP) is 1.62. The van der Waals surface area contributed by atoms with Gasteiger partial charge < -0.3 is 15.0 Å². The lowest BCUT2D eigenvalue weighted by Gasteiger charge is -2.32. The molecule has 0 aliphatic carbocycles. The Balaban J connectivity index is 1.71. The highest BCUT2D eigenvalue weighted by molar-refractivity contribution is 5.33. The van der Waals surface area contributed by atoms with Crippen LogP contribution in [0.2, 0.25) is 0 Å². The lowest BCUT2D eigenvalue weighted by molar-refractivity contribution is -0.0504. The Morgan fingerprint density at radius 2 is 1.90 bits per heavy atom. The van der Waals surface area contributed by atoms with Crippen molar-refractivity contribution >= 4 is 0 Å². The Hall–Kier alpha value is -1.24. The van der Waals surface area contributed by atoms with Crippen molar-refractivity contribution in [3.05, 3.63) is 29.8 Å². The first-order valence-corrected chi connectivity index (χ1v) is 7.29.